The first-order valence-corrected chi connectivity index (χ1v) is 10.4. The summed E-state index contributed by atoms with van der Waals surface area (Å²) in [6.45, 7) is 1.18. The molecule has 0 saturated carbocycles. The van der Waals surface area contributed by atoms with E-state index < -0.39 is 0 Å². The van der Waals surface area contributed by atoms with Gasteiger partial charge in [0.25, 0.3) is 5.91 Å². The predicted molar refractivity (Wildman–Crippen MR) is 115 cm³/mol. The molecule has 1 aliphatic heterocycles. The molecule has 1 aromatic heterocycles. The zero-order valence-corrected chi connectivity index (χ0v) is 17.8. The highest BCUT2D eigenvalue weighted by molar-refractivity contribution is 7.07. The second-order valence-electron chi connectivity index (χ2n) is 6.31. The summed E-state index contributed by atoms with van der Waals surface area (Å²) in [5.41, 5.74) is 3.28. The van der Waals surface area contributed by atoms with Crippen molar-refractivity contribution in [1.82, 2.24) is 4.57 Å². The van der Waals surface area contributed by atoms with Crippen molar-refractivity contribution in [3.8, 4) is 17.0 Å². The van der Waals surface area contributed by atoms with Crippen molar-refractivity contribution in [2.75, 3.05) is 25.6 Å². The molecule has 0 unspecified atom stereocenters. The molecule has 0 aliphatic carbocycles. The molecule has 0 bridgehead atoms. The maximum Gasteiger partial charge on any atom is 0.262 e. The summed E-state index contributed by atoms with van der Waals surface area (Å²) in [5.74, 6) is 0.496. The maximum atomic E-state index is 11.6. The standard InChI is InChI=1S/C20H17Cl2N3O3S/c1-27-7-6-25-17(12-2-5-18-16(8-12)24-19(26)10-28-18)11-29-20(25)23-13-3-4-14(21)15(22)9-13/h2-5,8-9,11H,6-7,10H2,1H3,(H,24,26). The SMILES string of the molecule is COCCn1c(-c2ccc3c(c2)NC(=O)CO3)csc1=Nc1ccc(Cl)c(Cl)c1. The van der Waals surface area contributed by atoms with E-state index in [2.05, 4.69) is 9.88 Å². The van der Waals surface area contributed by atoms with Crippen molar-refractivity contribution in [2.45, 2.75) is 6.54 Å². The van der Waals surface area contributed by atoms with Crippen LogP contribution >= 0.6 is 34.5 Å². The second kappa shape index (κ2) is 8.59. The van der Waals surface area contributed by atoms with Crippen LogP contribution in [0.3, 0.4) is 0 Å². The molecule has 0 fully saturated rings. The molecule has 0 radical (unpaired) electrons. The molecule has 2 heterocycles. The number of benzene rings is 2. The van der Waals surface area contributed by atoms with Gasteiger partial charge < -0.3 is 19.4 Å². The van der Waals surface area contributed by atoms with Crippen LogP contribution in [0.2, 0.25) is 10.0 Å². The number of anilines is 1. The molecule has 0 spiro atoms. The Kier molecular flexibility index (Phi) is 5.91. The number of amides is 1. The quantitative estimate of drug-likeness (QED) is 0.611. The number of thiazole rings is 1. The molecule has 3 aromatic rings. The van der Waals surface area contributed by atoms with Crippen LogP contribution in [-0.2, 0) is 16.1 Å². The maximum absolute atomic E-state index is 11.6. The van der Waals surface area contributed by atoms with Gasteiger partial charge in [0.1, 0.15) is 5.75 Å². The monoisotopic (exact) mass is 449 g/mol. The Labute approximate surface area is 181 Å². The highest BCUT2D eigenvalue weighted by Gasteiger charge is 2.17. The van der Waals surface area contributed by atoms with E-state index >= 15 is 0 Å². The van der Waals surface area contributed by atoms with Crippen LogP contribution in [0.4, 0.5) is 11.4 Å². The number of hydrogen-bond acceptors (Lipinski definition) is 5. The minimum atomic E-state index is -0.164. The number of hydrogen-bond donors (Lipinski definition) is 1. The highest BCUT2D eigenvalue weighted by Crippen LogP contribution is 2.33. The molecule has 1 N–H and O–H groups in total. The molecule has 29 heavy (non-hydrogen) atoms. The largest absolute Gasteiger partial charge is 0.482 e. The Balaban J connectivity index is 1.78. The Morgan fingerprint density at radius 3 is 2.90 bits per heavy atom. The number of methoxy groups -OCH3 is 1. The first kappa shape index (κ1) is 20.0. The van der Waals surface area contributed by atoms with Gasteiger partial charge in [-0.25, -0.2) is 4.99 Å². The lowest BCUT2D eigenvalue weighted by atomic mass is 10.1. The fourth-order valence-electron chi connectivity index (χ4n) is 2.96. The summed E-state index contributed by atoms with van der Waals surface area (Å²) >= 11 is 13.6. The second-order valence-corrected chi connectivity index (χ2v) is 7.96. The number of nitrogens with zero attached hydrogens (tertiary/aromatic N) is 2. The number of aromatic nitrogens is 1. The molecule has 0 atom stereocenters. The molecular weight excluding hydrogens is 433 g/mol. The van der Waals surface area contributed by atoms with Crippen LogP contribution in [0.1, 0.15) is 0 Å². The lowest BCUT2D eigenvalue weighted by Crippen LogP contribution is -2.25. The zero-order chi connectivity index (χ0) is 20.4. The van der Waals surface area contributed by atoms with E-state index in [-0.39, 0.29) is 12.5 Å². The average Bonchev–Trinajstić information content (AvgIpc) is 3.11. The minimum Gasteiger partial charge on any atom is -0.482 e. The van der Waals surface area contributed by atoms with Gasteiger partial charge in [-0.1, -0.05) is 23.2 Å². The van der Waals surface area contributed by atoms with Gasteiger partial charge in [-0.2, -0.15) is 0 Å². The molecule has 1 amide bonds. The van der Waals surface area contributed by atoms with E-state index in [1.54, 1.807) is 19.2 Å². The third-order valence-corrected chi connectivity index (χ3v) is 5.96. The summed E-state index contributed by atoms with van der Waals surface area (Å²) < 4.78 is 12.8. The van der Waals surface area contributed by atoms with Crippen LogP contribution in [-0.4, -0.2) is 30.8 Å². The van der Waals surface area contributed by atoms with Gasteiger partial charge in [0.2, 0.25) is 0 Å². The summed E-state index contributed by atoms with van der Waals surface area (Å²) in [6, 6.07) is 11.0. The van der Waals surface area contributed by atoms with Crippen LogP contribution in [0, 0.1) is 0 Å². The van der Waals surface area contributed by atoms with Gasteiger partial charge in [0, 0.05) is 24.6 Å². The number of carbonyl (C=O) groups excluding carboxylic acids is 1. The molecule has 6 nitrogen and oxygen atoms in total. The van der Waals surface area contributed by atoms with Crippen LogP contribution in [0.5, 0.6) is 5.75 Å². The summed E-state index contributed by atoms with van der Waals surface area (Å²) in [7, 11) is 1.66. The number of rotatable bonds is 5. The third kappa shape index (κ3) is 4.33. The highest BCUT2D eigenvalue weighted by atomic mass is 35.5. The van der Waals surface area contributed by atoms with Crippen molar-refractivity contribution >= 4 is 51.8 Å². The number of carbonyl (C=O) groups is 1. The van der Waals surface area contributed by atoms with Gasteiger partial charge in [0.05, 0.1) is 33.7 Å². The summed E-state index contributed by atoms with van der Waals surface area (Å²) in [4.78, 5) is 17.2. The summed E-state index contributed by atoms with van der Waals surface area (Å²) in [5, 5.41) is 5.82. The van der Waals surface area contributed by atoms with Crippen LogP contribution in [0.15, 0.2) is 46.8 Å². The van der Waals surface area contributed by atoms with Crippen molar-refractivity contribution in [3.05, 3.63) is 56.6 Å². The summed E-state index contributed by atoms with van der Waals surface area (Å²) in [6.07, 6.45) is 0. The molecule has 4 rings (SSSR count). The van der Waals surface area contributed by atoms with Crippen LogP contribution in [0.25, 0.3) is 11.3 Å². The molecule has 1 aliphatic rings. The van der Waals surface area contributed by atoms with E-state index in [4.69, 9.17) is 37.7 Å². The molecular formula is C20H17Cl2N3O3S. The first-order valence-electron chi connectivity index (χ1n) is 8.79. The fraction of sp³-hybridized carbons (Fsp3) is 0.200. The van der Waals surface area contributed by atoms with Crippen molar-refractivity contribution < 1.29 is 14.3 Å². The van der Waals surface area contributed by atoms with E-state index in [0.29, 0.717) is 40.3 Å². The van der Waals surface area contributed by atoms with Gasteiger partial charge in [0.15, 0.2) is 11.4 Å². The molecule has 150 valence electrons. The smallest absolute Gasteiger partial charge is 0.262 e. The normalized spacial score (nSPS) is 13.8. The van der Waals surface area contributed by atoms with Gasteiger partial charge in [-0.05, 0) is 36.4 Å². The Morgan fingerprint density at radius 1 is 1.24 bits per heavy atom. The number of halogens is 2. The van der Waals surface area contributed by atoms with E-state index in [0.717, 1.165) is 16.1 Å². The topological polar surface area (TPSA) is 64.8 Å². The lowest BCUT2D eigenvalue weighted by molar-refractivity contribution is -0.118. The van der Waals surface area contributed by atoms with E-state index in [1.807, 2.05) is 29.6 Å². The predicted octanol–water partition coefficient (Wildman–Crippen LogP) is 4.73. The number of fused-ring (bicyclic) bond motifs is 1. The lowest BCUT2D eigenvalue weighted by Gasteiger charge is -2.19. The van der Waals surface area contributed by atoms with Crippen molar-refractivity contribution in [1.29, 1.82) is 0 Å². The van der Waals surface area contributed by atoms with Crippen LogP contribution < -0.4 is 14.9 Å². The average molecular weight is 450 g/mol. The van der Waals surface area contributed by atoms with Gasteiger partial charge >= 0.3 is 0 Å². The number of ether oxygens (including phenoxy) is 2. The third-order valence-electron chi connectivity index (χ3n) is 4.35. The molecule has 0 saturated heterocycles. The minimum absolute atomic E-state index is 0.0331. The molecule has 9 heteroatoms. The molecule has 2 aromatic carbocycles. The Hall–Kier alpha value is -2.32. The Bertz CT molecular complexity index is 1140. The first-order chi connectivity index (χ1) is 14.0. The van der Waals surface area contributed by atoms with E-state index in [1.165, 1.54) is 11.3 Å². The van der Waals surface area contributed by atoms with E-state index in [9.17, 15) is 4.79 Å². The fourth-order valence-corrected chi connectivity index (χ4v) is 4.20. The van der Waals surface area contributed by atoms with Crippen molar-refractivity contribution in [2.24, 2.45) is 4.99 Å². The van der Waals surface area contributed by atoms with Crippen molar-refractivity contribution in [3.63, 3.8) is 0 Å². The Morgan fingerprint density at radius 2 is 2.10 bits per heavy atom. The van der Waals surface area contributed by atoms with Gasteiger partial charge in [-0.15, -0.1) is 11.3 Å². The van der Waals surface area contributed by atoms with Gasteiger partial charge in [-0.3, -0.25) is 4.79 Å². The zero-order valence-electron chi connectivity index (χ0n) is 15.4. The number of nitrogens with one attached hydrogen (secondary N) is 1.